The summed E-state index contributed by atoms with van der Waals surface area (Å²) in [5.74, 6) is -2.17. The minimum absolute atomic E-state index is 0.0411. The number of ether oxygens (including phenoxy) is 1. The molecule has 2 rings (SSSR count). The number of hydrogen-bond acceptors (Lipinski definition) is 4. The second kappa shape index (κ2) is 6.90. The highest BCUT2D eigenvalue weighted by Gasteiger charge is 2.35. The van der Waals surface area contributed by atoms with Gasteiger partial charge in [0.1, 0.15) is 5.75 Å². The Morgan fingerprint density at radius 2 is 2.13 bits per heavy atom. The number of benzene rings is 1. The van der Waals surface area contributed by atoms with Gasteiger partial charge >= 0.3 is 0 Å². The van der Waals surface area contributed by atoms with Crippen molar-refractivity contribution in [3.63, 3.8) is 0 Å². The molecule has 0 heterocycles. The highest BCUT2D eigenvalue weighted by Crippen LogP contribution is 2.37. The fourth-order valence-electron chi connectivity index (χ4n) is 2.83. The predicted octanol–water partition coefficient (Wildman–Crippen LogP) is 3.30. The summed E-state index contributed by atoms with van der Waals surface area (Å²) in [6.45, 7) is 0.397. The first kappa shape index (κ1) is 17.8. The lowest BCUT2D eigenvalue weighted by Crippen LogP contribution is -2.29. The molecule has 23 heavy (non-hydrogen) atoms. The number of anilines is 2. The van der Waals surface area contributed by atoms with Crippen LogP contribution in [0.25, 0.3) is 0 Å². The van der Waals surface area contributed by atoms with Crippen molar-refractivity contribution in [1.82, 2.24) is 0 Å². The van der Waals surface area contributed by atoms with E-state index in [1.54, 1.807) is 18.2 Å². The summed E-state index contributed by atoms with van der Waals surface area (Å²) in [5, 5.41) is 3.10. The van der Waals surface area contributed by atoms with Crippen LogP contribution in [-0.4, -0.2) is 34.3 Å². The molecule has 1 aliphatic rings. The zero-order valence-corrected chi connectivity index (χ0v) is 14.1. The maximum atomic E-state index is 13.4. The smallest absolute Gasteiger partial charge is 0.248 e. The monoisotopic (exact) mass is 348 g/mol. The van der Waals surface area contributed by atoms with Crippen molar-refractivity contribution in [2.75, 3.05) is 29.9 Å². The lowest BCUT2D eigenvalue weighted by Gasteiger charge is -2.29. The van der Waals surface area contributed by atoms with Crippen molar-refractivity contribution in [1.29, 1.82) is 0 Å². The third-order valence-electron chi connectivity index (χ3n) is 3.83. The first-order valence-electron chi connectivity index (χ1n) is 7.46. The van der Waals surface area contributed by atoms with Gasteiger partial charge in [0.05, 0.1) is 24.7 Å². The Bertz CT molecular complexity index is 650. The number of methoxy groups -OCH3 is 1. The molecule has 1 aromatic carbocycles. The highest BCUT2D eigenvalue weighted by atomic mass is 32.2. The molecule has 1 fully saturated rings. The molecule has 1 unspecified atom stereocenters. The van der Waals surface area contributed by atoms with Gasteiger partial charge in [-0.25, -0.2) is 17.2 Å². The first-order chi connectivity index (χ1) is 10.7. The predicted molar refractivity (Wildman–Crippen MR) is 86.9 cm³/mol. The maximum Gasteiger partial charge on any atom is 0.248 e. The van der Waals surface area contributed by atoms with Crippen LogP contribution in [0.15, 0.2) is 18.2 Å². The standard InChI is InChI=1S/C15H22F2N2O3S/c1-22-14-6-5-12(19-23(2,20)21)8-13(14)18-10-11-4-3-7-15(16,17)9-11/h5-6,8,11,18-19H,3-4,7,9-10H2,1-2H3. The molecule has 0 amide bonds. The molecule has 2 N–H and O–H groups in total. The molecular weight excluding hydrogens is 326 g/mol. The van der Waals surface area contributed by atoms with Crippen molar-refractivity contribution in [2.45, 2.75) is 31.6 Å². The summed E-state index contributed by atoms with van der Waals surface area (Å²) >= 11 is 0. The van der Waals surface area contributed by atoms with Gasteiger partial charge in [-0.15, -0.1) is 0 Å². The Kier molecular flexibility index (Phi) is 5.33. The van der Waals surface area contributed by atoms with Crippen molar-refractivity contribution in [2.24, 2.45) is 5.92 Å². The molecular formula is C15H22F2N2O3S. The molecule has 1 atom stereocenters. The van der Waals surface area contributed by atoms with Crippen LogP contribution in [0, 0.1) is 5.92 Å². The molecule has 130 valence electrons. The third-order valence-corrected chi connectivity index (χ3v) is 4.43. The Labute approximate surface area is 135 Å². The molecule has 1 aliphatic carbocycles. The van der Waals surface area contributed by atoms with Gasteiger partial charge in [-0.1, -0.05) is 0 Å². The molecule has 0 radical (unpaired) electrons. The Hall–Kier alpha value is -1.57. The second-order valence-corrected chi connectivity index (χ2v) is 7.74. The molecule has 0 bridgehead atoms. The van der Waals surface area contributed by atoms with Crippen molar-refractivity contribution < 1.29 is 21.9 Å². The molecule has 1 aromatic rings. The van der Waals surface area contributed by atoms with Gasteiger partial charge in [0.15, 0.2) is 0 Å². The van der Waals surface area contributed by atoms with Gasteiger partial charge in [-0.05, 0) is 37.0 Å². The van der Waals surface area contributed by atoms with Crippen LogP contribution in [-0.2, 0) is 10.0 Å². The summed E-state index contributed by atoms with van der Waals surface area (Å²) in [4.78, 5) is 0. The minimum Gasteiger partial charge on any atom is -0.495 e. The zero-order chi connectivity index (χ0) is 17.1. The van der Waals surface area contributed by atoms with Crippen LogP contribution in [0.2, 0.25) is 0 Å². The van der Waals surface area contributed by atoms with Crippen LogP contribution in [0.1, 0.15) is 25.7 Å². The molecule has 0 spiro atoms. The molecule has 5 nitrogen and oxygen atoms in total. The summed E-state index contributed by atoms with van der Waals surface area (Å²) < 4.78 is 57.1. The van der Waals surface area contributed by atoms with E-state index in [1.807, 2.05) is 0 Å². The molecule has 1 saturated carbocycles. The summed E-state index contributed by atoms with van der Waals surface area (Å²) in [6.07, 6.45) is 2.18. The number of hydrogen-bond donors (Lipinski definition) is 2. The van der Waals surface area contributed by atoms with Gasteiger partial charge < -0.3 is 10.1 Å². The Balaban J connectivity index is 2.07. The number of rotatable bonds is 6. The van der Waals surface area contributed by atoms with Gasteiger partial charge in [0.25, 0.3) is 0 Å². The normalized spacial score (nSPS) is 20.8. The Morgan fingerprint density at radius 1 is 1.39 bits per heavy atom. The SMILES string of the molecule is COc1ccc(NS(C)(=O)=O)cc1NCC1CCCC(F)(F)C1. The lowest BCUT2D eigenvalue weighted by molar-refractivity contribution is -0.0502. The maximum absolute atomic E-state index is 13.4. The number of nitrogens with one attached hydrogen (secondary N) is 2. The fraction of sp³-hybridized carbons (Fsp3) is 0.600. The second-order valence-electron chi connectivity index (χ2n) is 5.99. The van der Waals surface area contributed by atoms with E-state index in [4.69, 9.17) is 4.74 Å². The zero-order valence-electron chi connectivity index (χ0n) is 13.2. The van der Waals surface area contributed by atoms with E-state index in [9.17, 15) is 17.2 Å². The largest absolute Gasteiger partial charge is 0.495 e. The van der Waals surface area contributed by atoms with Crippen LogP contribution in [0.5, 0.6) is 5.75 Å². The van der Waals surface area contributed by atoms with E-state index < -0.39 is 15.9 Å². The number of halogens is 2. The molecule has 0 aromatic heterocycles. The Morgan fingerprint density at radius 3 is 2.74 bits per heavy atom. The third kappa shape index (κ3) is 5.53. The topological polar surface area (TPSA) is 67.4 Å². The van der Waals surface area contributed by atoms with Crippen LogP contribution in [0.4, 0.5) is 20.2 Å². The van der Waals surface area contributed by atoms with Crippen molar-refractivity contribution in [3.05, 3.63) is 18.2 Å². The van der Waals surface area contributed by atoms with E-state index in [1.165, 1.54) is 7.11 Å². The molecule has 8 heteroatoms. The van der Waals surface area contributed by atoms with Crippen molar-refractivity contribution >= 4 is 21.4 Å². The highest BCUT2D eigenvalue weighted by molar-refractivity contribution is 7.92. The summed E-state index contributed by atoms with van der Waals surface area (Å²) in [6, 6.07) is 4.81. The van der Waals surface area contributed by atoms with Crippen molar-refractivity contribution in [3.8, 4) is 5.75 Å². The quantitative estimate of drug-likeness (QED) is 0.828. The summed E-state index contributed by atoms with van der Waals surface area (Å²) in [7, 11) is -1.88. The fourth-order valence-corrected chi connectivity index (χ4v) is 3.38. The molecule has 0 saturated heterocycles. The van der Waals surface area contributed by atoms with E-state index in [0.29, 0.717) is 30.1 Å². The van der Waals surface area contributed by atoms with E-state index >= 15 is 0 Å². The van der Waals surface area contributed by atoms with Gasteiger partial charge in [-0.2, -0.15) is 0 Å². The lowest BCUT2D eigenvalue weighted by atomic mass is 9.86. The van der Waals surface area contributed by atoms with Gasteiger partial charge in [0.2, 0.25) is 15.9 Å². The minimum atomic E-state index is -3.38. The van der Waals surface area contributed by atoms with Crippen LogP contribution >= 0.6 is 0 Å². The van der Waals surface area contributed by atoms with E-state index in [2.05, 4.69) is 10.0 Å². The number of sulfonamides is 1. The molecule has 0 aliphatic heterocycles. The van der Waals surface area contributed by atoms with Crippen LogP contribution < -0.4 is 14.8 Å². The average molecular weight is 348 g/mol. The average Bonchev–Trinajstić information content (AvgIpc) is 2.42. The van der Waals surface area contributed by atoms with E-state index in [-0.39, 0.29) is 18.8 Å². The van der Waals surface area contributed by atoms with Crippen LogP contribution in [0.3, 0.4) is 0 Å². The summed E-state index contributed by atoms with van der Waals surface area (Å²) in [5.41, 5.74) is 0.972. The van der Waals surface area contributed by atoms with Gasteiger partial charge in [-0.3, -0.25) is 4.72 Å². The number of alkyl halides is 2. The van der Waals surface area contributed by atoms with E-state index in [0.717, 1.165) is 12.7 Å². The first-order valence-corrected chi connectivity index (χ1v) is 9.35. The van der Waals surface area contributed by atoms with Gasteiger partial charge in [0, 0.05) is 19.4 Å².